The Hall–Kier alpha value is -1.12. The lowest BCUT2D eigenvalue weighted by atomic mass is 10.1. The van der Waals surface area contributed by atoms with Crippen molar-refractivity contribution in [3.05, 3.63) is 57.3 Å². The highest BCUT2D eigenvalue weighted by Crippen LogP contribution is 2.16. The van der Waals surface area contributed by atoms with Gasteiger partial charge in [-0.25, -0.2) is 4.99 Å². The van der Waals surface area contributed by atoms with Gasteiger partial charge in [-0.15, -0.1) is 35.3 Å². The molecule has 0 saturated heterocycles. The maximum Gasteiger partial charge on any atom is 0.191 e. The predicted molar refractivity (Wildman–Crippen MR) is 125 cm³/mol. The molecule has 0 radical (unpaired) electrons. The van der Waals surface area contributed by atoms with Gasteiger partial charge in [-0.2, -0.15) is 0 Å². The zero-order valence-electron chi connectivity index (χ0n) is 16.2. The van der Waals surface area contributed by atoms with Crippen LogP contribution in [-0.4, -0.2) is 31.5 Å². The van der Waals surface area contributed by atoms with Gasteiger partial charge in [-0.3, -0.25) is 0 Å². The quantitative estimate of drug-likeness (QED) is 0.333. The first kappa shape index (κ1) is 22.9. The number of aryl methyl sites for hydroxylation is 1. The summed E-state index contributed by atoms with van der Waals surface area (Å²) in [6.45, 7) is 7.58. The monoisotopic (exact) mass is 486 g/mol. The van der Waals surface area contributed by atoms with Crippen LogP contribution in [0, 0.1) is 0 Å². The Morgan fingerprint density at radius 1 is 1.00 bits per heavy atom. The lowest BCUT2D eigenvalue weighted by molar-refractivity contribution is 0.401. The summed E-state index contributed by atoms with van der Waals surface area (Å²) in [7, 11) is 4.19. The standard InChI is InChI=1S/C20H30N4S.HI/c1-5-18-11-12-19(25-18)14-23-20(21-6-2)22-13-16-9-7-8-10-17(16)15-24(3)4;/h7-12H,5-6,13-15H2,1-4H3,(H2,21,22,23);1H. The number of halogens is 1. The summed E-state index contributed by atoms with van der Waals surface area (Å²) in [6, 6.07) is 12.9. The molecule has 4 nitrogen and oxygen atoms in total. The van der Waals surface area contributed by atoms with E-state index in [2.05, 4.69) is 79.9 Å². The number of hydrogen-bond donors (Lipinski definition) is 2. The highest BCUT2D eigenvalue weighted by molar-refractivity contribution is 14.0. The van der Waals surface area contributed by atoms with Crippen LogP contribution < -0.4 is 10.6 Å². The summed E-state index contributed by atoms with van der Waals surface area (Å²) in [6.07, 6.45) is 1.10. The van der Waals surface area contributed by atoms with E-state index in [9.17, 15) is 0 Å². The molecule has 0 amide bonds. The van der Waals surface area contributed by atoms with Crippen LogP contribution in [0.15, 0.2) is 41.4 Å². The molecular weight excluding hydrogens is 455 g/mol. The number of nitrogens with zero attached hydrogens (tertiary/aromatic N) is 2. The SMILES string of the molecule is CCNC(=NCc1ccccc1CN(C)C)NCc1ccc(CC)s1.I. The minimum absolute atomic E-state index is 0. The van der Waals surface area contributed by atoms with E-state index >= 15 is 0 Å². The molecule has 6 heteroatoms. The summed E-state index contributed by atoms with van der Waals surface area (Å²) < 4.78 is 0. The Balaban J connectivity index is 0.00000338. The maximum absolute atomic E-state index is 4.77. The van der Waals surface area contributed by atoms with Gasteiger partial charge in [0.25, 0.3) is 0 Å². The molecule has 1 aromatic carbocycles. The zero-order valence-corrected chi connectivity index (χ0v) is 19.4. The third-order valence-corrected chi connectivity index (χ3v) is 5.08. The molecule has 1 heterocycles. The van der Waals surface area contributed by atoms with Crippen LogP contribution in [0.25, 0.3) is 0 Å². The lowest BCUT2D eigenvalue weighted by Crippen LogP contribution is -2.36. The Morgan fingerprint density at radius 3 is 2.31 bits per heavy atom. The number of hydrogen-bond acceptors (Lipinski definition) is 3. The van der Waals surface area contributed by atoms with Crippen LogP contribution in [-0.2, 0) is 26.1 Å². The van der Waals surface area contributed by atoms with E-state index in [1.54, 1.807) is 0 Å². The van der Waals surface area contributed by atoms with Gasteiger partial charge in [-0.05, 0) is 50.7 Å². The van der Waals surface area contributed by atoms with Crippen molar-refractivity contribution >= 4 is 41.3 Å². The fourth-order valence-corrected chi connectivity index (χ4v) is 3.49. The number of thiophene rings is 1. The molecule has 0 aliphatic carbocycles. The molecule has 0 aliphatic heterocycles. The Kier molecular flexibility index (Phi) is 10.8. The number of nitrogens with one attached hydrogen (secondary N) is 2. The second-order valence-electron chi connectivity index (χ2n) is 6.28. The molecule has 144 valence electrons. The summed E-state index contributed by atoms with van der Waals surface area (Å²) in [5, 5.41) is 6.78. The molecule has 0 spiro atoms. The fourth-order valence-electron chi connectivity index (χ4n) is 2.59. The third kappa shape index (κ3) is 7.63. The molecule has 26 heavy (non-hydrogen) atoms. The van der Waals surface area contributed by atoms with Gasteiger partial charge in [0.15, 0.2) is 5.96 Å². The van der Waals surface area contributed by atoms with Crippen molar-refractivity contribution in [1.82, 2.24) is 15.5 Å². The molecule has 1 aromatic heterocycles. The first-order valence-corrected chi connectivity index (χ1v) is 9.75. The molecule has 2 aromatic rings. The minimum atomic E-state index is 0. The maximum atomic E-state index is 4.77. The zero-order chi connectivity index (χ0) is 18.1. The van der Waals surface area contributed by atoms with Crippen LogP contribution in [0.4, 0.5) is 0 Å². The van der Waals surface area contributed by atoms with Crippen LogP contribution >= 0.6 is 35.3 Å². The Labute approximate surface area is 179 Å². The van der Waals surface area contributed by atoms with Gasteiger partial charge in [0.1, 0.15) is 0 Å². The average molecular weight is 486 g/mol. The Morgan fingerprint density at radius 2 is 1.69 bits per heavy atom. The largest absolute Gasteiger partial charge is 0.357 e. The average Bonchev–Trinajstić information content (AvgIpc) is 3.06. The minimum Gasteiger partial charge on any atom is -0.357 e. The molecule has 0 saturated carbocycles. The van der Waals surface area contributed by atoms with Gasteiger partial charge in [0.05, 0.1) is 13.1 Å². The van der Waals surface area contributed by atoms with Gasteiger partial charge in [0.2, 0.25) is 0 Å². The van der Waals surface area contributed by atoms with E-state index in [1.165, 1.54) is 20.9 Å². The first-order chi connectivity index (χ1) is 12.1. The van der Waals surface area contributed by atoms with Gasteiger partial charge >= 0.3 is 0 Å². The van der Waals surface area contributed by atoms with Crippen molar-refractivity contribution in [2.45, 2.75) is 39.9 Å². The van der Waals surface area contributed by atoms with E-state index in [4.69, 9.17) is 4.99 Å². The molecule has 0 atom stereocenters. The number of guanidine groups is 1. The van der Waals surface area contributed by atoms with E-state index in [1.807, 2.05) is 11.3 Å². The van der Waals surface area contributed by atoms with Crippen LogP contribution in [0.1, 0.15) is 34.7 Å². The van der Waals surface area contributed by atoms with Crippen LogP contribution in [0.5, 0.6) is 0 Å². The summed E-state index contributed by atoms with van der Waals surface area (Å²) >= 11 is 1.87. The van der Waals surface area contributed by atoms with E-state index in [0.717, 1.165) is 32.0 Å². The van der Waals surface area contributed by atoms with Crippen LogP contribution in [0.3, 0.4) is 0 Å². The molecule has 2 rings (SSSR count). The van der Waals surface area contributed by atoms with Crippen LogP contribution in [0.2, 0.25) is 0 Å². The topological polar surface area (TPSA) is 39.7 Å². The van der Waals surface area contributed by atoms with Gasteiger partial charge in [-0.1, -0.05) is 31.2 Å². The molecular formula is C20H31IN4S. The lowest BCUT2D eigenvalue weighted by Gasteiger charge is -2.14. The summed E-state index contributed by atoms with van der Waals surface area (Å²) in [5.74, 6) is 0.869. The highest BCUT2D eigenvalue weighted by atomic mass is 127. The molecule has 0 bridgehead atoms. The van der Waals surface area contributed by atoms with Gasteiger partial charge < -0.3 is 15.5 Å². The molecule has 0 fully saturated rings. The smallest absolute Gasteiger partial charge is 0.191 e. The normalized spacial score (nSPS) is 11.3. The van der Waals surface area contributed by atoms with Crippen molar-refractivity contribution in [1.29, 1.82) is 0 Å². The number of benzene rings is 1. The van der Waals surface area contributed by atoms with E-state index in [-0.39, 0.29) is 24.0 Å². The molecule has 0 unspecified atom stereocenters. The fraction of sp³-hybridized carbons (Fsp3) is 0.450. The highest BCUT2D eigenvalue weighted by Gasteiger charge is 2.04. The number of aliphatic imine (C=N–C) groups is 1. The molecule has 0 aliphatic rings. The third-order valence-electron chi connectivity index (χ3n) is 3.85. The van der Waals surface area contributed by atoms with Crippen molar-refractivity contribution in [2.24, 2.45) is 4.99 Å². The summed E-state index contributed by atoms with van der Waals surface area (Å²) in [4.78, 5) is 9.73. The second kappa shape index (κ2) is 12.3. The first-order valence-electron chi connectivity index (χ1n) is 8.93. The van der Waals surface area contributed by atoms with E-state index < -0.39 is 0 Å². The Bertz CT molecular complexity index is 682. The van der Waals surface area contributed by atoms with Crippen molar-refractivity contribution in [2.75, 3.05) is 20.6 Å². The van der Waals surface area contributed by atoms with Gasteiger partial charge in [0, 0.05) is 22.8 Å². The molecule has 2 N–H and O–H groups in total. The second-order valence-corrected chi connectivity index (χ2v) is 7.53. The van der Waals surface area contributed by atoms with Crippen molar-refractivity contribution in [3.8, 4) is 0 Å². The van der Waals surface area contributed by atoms with Crippen molar-refractivity contribution in [3.63, 3.8) is 0 Å². The number of rotatable bonds is 8. The van der Waals surface area contributed by atoms with E-state index in [0.29, 0.717) is 6.54 Å². The summed E-state index contributed by atoms with van der Waals surface area (Å²) in [5.41, 5.74) is 2.61. The predicted octanol–water partition coefficient (Wildman–Crippen LogP) is 4.25. The van der Waals surface area contributed by atoms with Crippen molar-refractivity contribution < 1.29 is 0 Å².